The van der Waals surface area contributed by atoms with Crippen molar-refractivity contribution in [2.45, 2.75) is 25.8 Å². The standard InChI is InChI=1S/C20H19NO6/c1-25-19(23)13-14-8-10-15(11-9-14)26-18(22)7-4-12-21-16-5-2-3-6-17(16)27-20(21)24/h2-3,5-6,8-11H,4,7,12-13H2,1H3. The van der Waals surface area contributed by atoms with Crippen molar-refractivity contribution < 1.29 is 23.5 Å². The number of benzene rings is 2. The van der Waals surface area contributed by atoms with Crippen LogP contribution in [0.2, 0.25) is 0 Å². The summed E-state index contributed by atoms with van der Waals surface area (Å²) < 4.78 is 16.5. The van der Waals surface area contributed by atoms with Crippen molar-refractivity contribution >= 4 is 23.0 Å². The van der Waals surface area contributed by atoms with E-state index < -0.39 is 11.7 Å². The van der Waals surface area contributed by atoms with Crippen LogP contribution in [-0.4, -0.2) is 23.6 Å². The van der Waals surface area contributed by atoms with Crippen LogP contribution in [0.5, 0.6) is 5.75 Å². The van der Waals surface area contributed by atoms with Crippen LogP contribution in [0.4, 0.5) is 0 Å². The van der Waals surface area contributed by atoms with Gasteiger partial charge < -0.3 is 13.9 Å². The summed E-state index contributed by atoms with van der Waals surface area (Å²) >= 11 is 0. The first-order valence-electron chi connectivity index (χ1n) is 8.51. The minimum atomic E-state index is -0.439. The summed E-state index contributed by atoms with van der Waals surface area (Å²) in [7, 11) is 1.33. The highest BCUT2D eigenvalue weighted by molar-refractivity contribution is 5.74. The predicted octanol–water partition coefficient (Wildman–Crippen LogP) is 2.70. The third-order valence-corrected chi connectivity index (χ3v) is 4.07. The average molecular weight is 369 g/mol. The Morgan fingerprint density at radius 3 is 2.52 bits per heavy atom. The molecule has 0 spiro atoms. The number of hydrogen-bond acceptors (Lipinski definition) is 6. The summed E-state index contributed by atoms with van der Waals surface area (Å²) in [6, 6.07) is 13.8. The Labute approximate surface area is 155 Å². The van der Waals surface area contributed by atoms with Gasteiger partial charge in [-0.25, -0.2) is 4.79 Å². The number of carbonyl (C=O) groups is 2. The second-order valence-corrected chi connectivity index (χ2v) is 5.96. The molecule has 0 radical (unpaired) electrons. The summed E-state index contributed by atoms with van der Waals surface area (Å²) in [5, 5.41) is 0. The first kappa shape index (κ1) is 18.4. The van der Waals surface area contributed by atoms with Crippen LogP contribution >= 0.6 is 0 Å². The van der Waals surface area contributed by atoms with Gasteiger partial charge in [0.15, 0.2) is 5.58 Å². The number of oxazole rings is 1. The number of hydrogen-bond donors (Lipinski definition) is 0. The Hall–Kier alpha value is -3.35. The van der Waals surface area contributed by atoms with Gasteiger partial charge in [-0.05, 0) is 36.2 Å². The molecule has 0 aliphatic heterocycles. The third kappa shape index (κ3) is 4.63. The van der Waals surface area contributed by atoms with Gasteiger partial charge in [0.1, 0.15) is 5.75 Å². The number of nitrogens with zero attached hydrogens (tertiary/aromatic N) is 1. The van der Waals surface area contributed by atoms with E-state index in [4.69, 9.17) is 9.15 Å². The van der Waals surface area contributed by atoms with Crippen LogP contribution in [0.3, 0.4) is 0 Å². The maximum Gasteiger partial charge on any atom is 0.419 e. The second kappa shape index (κ2) is 8.35. The zero-order valence-corrected chi connectivity index (χ0v) is 14.8. The third-order valence-electron chi connectivity index (χ3n) is 4.07. The van der Waals surface area contributed by atoms with Crippen molar-refractivity contribution in [3.8, 4) is 5.75 Å². The van der Waals surface area contributed by atoms with Crippen molar-refractivity contribution in [2.75, 3.05) is 7.11 Å². The van der Waals surface area contributed by atoms with Gasteiger partial charge in [-0.1, -0.05) is 24.3 Å². The largest absolute Gasteiger partial charge is 0.469 e. The molecule has 0 saturated carbocycles. The van der Waals surface area contributed by atoms with Crippen molar-refractivity contribution in [3.05, 3.63) is 64.6 Å². The summed E-state index contributed by atoms with van der Waals surface area (Å²) in [4.78, 5) is 35.1. The lowest BCUT2D eigenvalue weighted by atomic mass is 10.1. The van der Waals surface area contributed by atoms with E-state index in [1.54, 1.807) is 42.5 Å². The van der Waals surface area contributed by atoms with Crippen LogP contribution in [0.15, 0.2) is 57.7 Å². The normalized spacial score (nSPS) is 10.7. The Kier molecular flexibility index (Phi) is 5.71. The Morgan fingerprint density at radius 1 is 1.04 bits per heavy atom. The lowest BCUT2D eigenvalue weighted by Crippen LogP contribution is -2.16. The minimum Gasteiger partial charge on any atom is -0.469 e. The highest BCUT2D eigenvalue weighted by Crippen LogP contribution is 2.15. The van der Waals surface area contributed by atoms with Crippen LogP contribution in [0, 0.1) is 0 Å². The van der Waals surface area contributed by atoms with Crippen molar-refractivity contribution in [3.63, 3.8) is 0 Å². The van der Waals surface area contributed by atoms with E-state index in [9.17, 15) is 14.4 Å². The fourth-order valence-electron chi connectivity index (χ4n) is 2.70. The van der Waals surface area contributed by atoms with Crippen LogP contribution in [0.25, 0.3) is 11.1 Å². The summed E-state index contributed by atoms with van der Waals surface area (Å²) in [5.41, 5.74) is 2.00. The molecular formula is C20H19NO6. The Balaban J connectivity index is 1.51. The number of aryl methyl sites for hydroxylation is 1. The molecule has 0 aliphatic rings. The van der Waals surface area contributed by atoms with Gasteiger partial charge in [0.2, 0.25) is 0 Å². The number of methoxy groups -OCH3 is 1. The quantitative estimate of drug-likeness (QED) is 0.470. The maximum absolute atomic E-state index is 12.0. The molecule has 0 saturated heterocycles. The van der Waals surface area contributed by atoms with Gasteiger partial charge >= 0.3 is 17.7 Å². The first-order valence-corrected chi connectivity index (χ1v) is 8.51. The van der Waals surface area contributed by atoms with E-state index in [0.29, 0.717) is 29.8 Å². The molecule has 0 bridgehead atoms. The molecule has 0 amide bonds. The van der Waals surface area contributed by atoms with Crippen molar-refractivity contribution in [1.82, 2.24) is 4.57 Å². The average Bonchev–Trinajstić information content (AvgIpc) is 2.99. The van der Waals surface area contributed by atoms with E-state index >= 15 is 0 Å². The van der Waals surface area contributed by atoms with Gasteiger partial charge in [0.05, 0.1) is 19.0 Å². The smallest absolute Gasteiger partial charge is 0.419 e. The molecule has 0 fully saturated rings. The molecule has 0 aliphatic carbocycles. The van der Waals surface area contributed by atoms with E-state index in [-0.39, 0.29) is 18.8 Å². The monoisotopic (exact) mass is 369 g/mol. The summed E-state index contributed by atoms with van der Waals surface area (Å²) in [6.07, 6.45) is 0.774. The molecule has 1 heterocycles. The molecule has 0 unspecified atom stereocenters. The summed E-state index contributed by atoms with van der Waals surface area (Å²) in [5.74, 6) is -0.761. The summed E-state index contributed by atoms with van der Waals surface area (Å²) in [6.45, 7) is 0.364. The van der Waals surface area contributed by atoms with E-state index in [1.807, 2.05) is 6.07 Å². The predicted molar refractivity (Wildman–Crippen MR) is 97.5 cm³/mol. The van der Waals surface area contributed by atoms with Crippen LogP contribution < -0.4 is 10.5 Å². The van der Waals surface area contributed by atoms with Gasteiger partial charge in [-0.15, -0.1) is 0 Å². The number of para-hydroxylation sites is 2. The number of carbonyl (C=O) groups excluding carboxylic acids is 2. The highest BCUT2D eigenvalue weighted by Gasteiger charge is 2.10. The number of rotatable bonds is 7. The molecule has 1 aromatic heterocycles. The Bertz CT molecular complexity index is 999. The number of aromatic nitrogens is 1. The van der Waals surface area contributed by atoms with Gasteiger partial charge in [0, 0.05) is 13.0 Å². The van der Waals surface area contributed by atoms with E-state index in [1.165, 1.54) is 11.7 Å². The molecule has 7 heteroatoms. The number of ether oxygens (including phenoxy) is 2. The van der Waals surface area contributed by atoms with Gasteiger partial charge in [0.25, 0.3) is 0 Å². The topological polar surface area (TPSA) is 87.7 Å². The molecule has 3 rings (SSSR count). The minimum absolute atomic E-state index is 0.163. The molecule has 27 heavy (non-hydrogen) atoms. The Morgan fingerprint density at radius 2 is 1.78 bits per heavy atom. The molecule has 2 aromatic carbocycles. The second-order valence-electron chi connectivity index (χ2n) is 5.96. The van der Waals surface area contributed by atoms with Crippen LogP contribution in [-0.2, 0) is 27.3 Å². The molecule has 3 aromatic rings. The highest BCUT2D eigenvalue weighted by atomic mass is 16.5. The molecule has 0 N–H and O–H groups in total. The van der Waals surface area contributed by atoms with Gasteiger partial charge in [-0.3, -0.25) is 14.2 Å². The van der Waals surface area contributed by atoms with Gasteiger partial charge in [-0.2, -0.15) is 0 Å². The lowest BCUT2D eigenvalue weighted by molar-refractivity contribution is -0.140. The number of fused-ring (bicyclic) bond motifs is 1. The molecule has 7 nitrogen and oxygen atoms in total. The lowest BCUT2D eigenvalue weighted by Gasteiger charge is -2.06. The van der Waals surface area contributed by atoms with Crippen molar-refractivity contribution in [1.29, 1.82) is 0 Å². The number of esters is 2. The maximum atomic E-state index is 12.0. The fourth-order valence-corrected chi connectivity index (χ4v) is 2.70. The zero-order chi connectivity index (χ0) is 19.2. The van der Waals surface area contributed by atoms with E-state index in [0.717, 1.165) is 5.56 Å². The van der Waals surface area contributed by atoms with E-state index in [2.05, 4.69) is 4.74 Å². The molecule has 140 valence electrons. The fraction of sp³-hybridized carbons (Fsp3) is 0.250. The SMILES string of the molecule is COC(=O)Cc1ccc(OC(=O)CCCn2c(=O)oc3ccccc32)cc1. The van der Waals surface area contributed by atoms with Crippen LogP contribution in [0.1, 0.15) is 18.4 Å². The van der Waals surface area contributed by atoms with Crippen molar-refractivity contribution in [2.24, 2.45) is 0 Å². The zero-order valence-electron chi connectivity index (χ0n) is 14.8. The molecule has 0 atom stereocenters. The first-order chi connectivity index (χ1) is 13.1. The molecular weight excluding hydrogens is 350 g/mol.